The van der Waals surface area contributed by atoms with Gasteiger partial charge >= 0.3 is 12.6 Å². The molecule has 0 heterocycles. The fourth-order valence-electron chi connectivity index (χ4n) is 1.96. The fraction of sp³-hybridized carbons (Fsp3) is 0.222. The molecule has 2 aromatic carbocycles. The minimum absolute atomic E-state index is 0.0259. The predicted octanol–water partition coefficient (Wildman–Crippen LogP) is 3.73. The van der Waals surface area contributed by atoms with Gasteiger partial charge in [-0.1, -0.05) is 0 Å². The average Bonchev–Trinajstić information content (AvgIpc) is 2.60. The monoisotopic (exact) mass is 350 g/mol. The Balaban J connectivity index is 1.90. The maximum absolute atomic E-state index is 12.1. The summed E-state index contributed by atoms with van der Waals surface area (Å²) in [6.45, 7) is -1.14. The van der Waals surface area contributed by atoms with Gasteiger partial charge in [0.25, 0.3) is 0 Å². The minimum atomic E-state index is -2.91. The van der Waals surface area contributed by atoms with Crippen molar-refractivity contribution >= 4 is 11.8 Å². The van der Waals surface area contributed by atoms with E-state index in [9.17, 15) is 18.4 Å². The van der Waals surface area contributed by atoms with Crippen molar-refractivity contribution in [1.29, 1.82) is 0 Å². The molecule has 0 bridgehead atoms. The lowest BCUT2D eigenvalue weighted by Gasteiger charge is -2.08. The fourth-order valence-corrected chi connectivity index (χ4v) is 1.96. The highest BCUT2D eigenvalue weighted by molar-refractivity contribution is 5.97. The van der Waals surface area contributed by atoms with Crippen LogP contribution in [0.15, 0.2) is 48.5 Å². The van der Waals surface area contributed by atoms with Crippen molar-refractivity contribution in [2.24, 2.45) is 0 Å². The summed E-state index contributed by atoms with van der Waals surface area (Å²) in [4.78, 5) is 23.6. The Morgan fingerprint density at radius 2 is 1.48 bits per heavy atom. The van der Waals surface area contributed by atoms with Crippen LogP contribution in [0.25, 0.3) is 0 Å². The van der Waals surface area contributed by atoms with Gasteiger partial charge in [0.05, 0.1) is 12.2 Å². The van der Waals surface area contributed by atoms with Crippen LogP contribution in [-0.4, -0.2) is 31.6 Å². The van der Waals surface area contributed by atoms with Crippen LogP contribution in [0, 0.1) is 0 Å². The number of esters is 1. The highest BCUT2D eigenvalue weighted by atomic mass is 19.3. The lowest BCUT2D eigenvalue weighted by molar-refractivity contribution is -0.0498. The van der Waals surface area contributed by atoms with E-state index >= 15 is 0 Å². The zero-order valence-electron chi connectivity index (χ0n) is 13.4. The molecule has 0 spiro atoms. The zero-order valence-corrected chi connectivity index (χ0v) is 13.4. The summed E-state index contributed by atoms with van der Waals surface area (Å²) < 4.78 is 38.6. The first-order valence-electron chi connectivity index (χ1n) is 7.47. The van der Waals surface area contributed by atoms with Crippen molar-refractivity contribution in [2.45, 2.75) is 13.5 Å². The summed E-state index contributed by atoms with van der Waals surface area (Å²) in [5, 5.41) is 0. The Labute approximate surface area is 143 Å². The van der Waals surface area contributed by atoms with Gasteiger partial charge in [-0.05, 0) is 55.5 Å². The van der Waals surface area contributed by atoms with Gasteiger partial charge in [-0.2, -0.15) is 8.78 Å². The van der Waals surface area contributed by atoms with E-state index in [0.717, 1.165) is 0 Å². The number of hydrogen-bond acceptors (Lipinski definition) is 5. The van der Waals surface area contributed by atoms with Gasteiger partial charge in [0, 0.05) is 5.56 Å². The van der Waals surface area contributed by atoms with E-state index < -0.39 is 12.6 Å². The number of hydrogen-bond donors (Lipinski definition) is 0. The second kappa shape index (κ2) is 8.77. The normalized spacial score (nSPS) is 10.4. The molecule has 0 N–H and O–H groups in total. The van der Waals surface area contributed by atoms with E-state index in [0.29, 0.717) is 16.9 Å². The van der Waals surface area contributed by atoms with Crippen molar-refractivity contribution < 1.29 is 32.6 Å². The molecule has 25 heavy (non-hydrogen) atoms. The number of rotatable bonds is 8. The van der Waals surface area contributed by atoms with Crippen LogP contribution in [0.1, 0.15) is 27.6 Å². The third-order valence-electron chi connectivity index (χ3n) is 3.14. The van der Waals surface area contributed by atoms with E-state index in [-0.39, 0.29) is 24.7 Å². The summed E-state index contributed by atoms with van der Waals surface area (Å²) >= 11 is 0. The molecule has 2 rings (SSSR count). The minimum Gasteiger partial charge on any atom is -0.485 e. The largest absolute Gasteiger partial charge is 0.485 e. The van der Waals surface area contributed by atoms with Crippen LogP contribution in [0.2, 0.25) is 0 Å². The quantitative estimate of drug-likeness (QED) is 0.536. The number of Topliss-reactive ketones (excluding diaryl/α,β-unsaturated/α-hetero) is 1. The molecule has 0 saturated heterocycles. The van der Waals surface area contributed by atoms with Crippen LogP contribution in [0.5, 0.6) is 11.5 Å². The van der Waals surface area contributed by atoms with Crippen molar-refractivity contribution in [2.75, 3.05) is 13.2 Å². The van der Waals surface area contributed by atoms with Crippen molar-refractivity contribution in [3.8, 4) is 11.5 Å². The van der Waals surface area contributed by atoms with Crippen molar-refractivity contribution in [3.05, 3.63) is 59.7 Å². The maximum atomic E-state index is 12.1. The molecule has 7 heteroatoms. The number of benzene rings is 2. The molecule has 0 aliphatic carbocycles. The molecule has 0 fully saturated rings. The molecular weight excluding hydrogens is 334 g/mol. The smallest absolute Gasteiger partial charge is 0.387 e. The van der Waals surface area contributed by atoms with Gasteiger partial charge in [-0.3, -0.25) is 4.79 Å². The average molecular weight is 350 g/mol. The Hall–Kier alpha value is -2.96. The van der Waals surface area contributed by atoms with Crippen LogP contribution in [0.3, 0.4) is 0 Å². The molecule has 0 unspecified atom stereocenters. The summed E-state index contributed by atoms with van der Waals surface area (Å²) in [6, 6.07) is 11.5. The van der Waals surface area contributed by atoms with Crippen LogP contribution in [-0.2, 0) is 4.74 Å². The molecule has 0 aromatic heterocycles. The van der Waals surface area contributed by atoms with Gasteiger partial charge in [-0.15, -0.1) is 0 Å². The number of carbonyl (C=O) groups excluding carboxylic acids is 2. The first-order valence-corrected chi connectivity index (χ1v) is 7.47. The van der Waals surface area contributed by atoms with E-state index in [2.05, 4.69) is 4.74 Å². The SMILES string of the molecule is CCOC(=O)c1ccc(OCC(=O)c2ccc(OC(F)F)cc2)cc1. The first kappa shape index (κ1) is 18.4. The number of halogens is 2. The summed E-state index contributed by atoms with van der Waals surface area (Å²) in [5.41, 5.74) is 0.694. The summed E-state index contributed by atoms with van der Waals surface area (Å²) in [7, 11) is 0. The second-order valence-corrected chi connectivity index (χ2v) is 4.86. The van der Waals surface area contributed by atoms with E-state index in [1.165, 1.54) is 36.4 Å². The number of carbonyl (C=O) groups is 2. The molecule has 0 atom stereocenters. The maximum Gasteiger partial charge on any atom is 0.387 e. The van der Waals surface area contributed by atoms with Gasteiger partial charge in [0.2, 0.25) is 0 Å². The van der Waals surface area contributed by atoms with Gasteiger partial charge < -0.3 is 14.2 Å². The van der Waals surface area contributed by atoms with E-state index in [4.69, 9.17) is 9.47 Å². The Morgan fingerprint density at radius 1 is 0.920 bits per heavy atom. The molecule has 0 saturated carbocycles. The summed E-state index contributed by atoms with van der Waals surface area (Å²) in [5.74, 6) is -0.365. The van der Waals surface area contributed by atoms with E-state index in [1.807, 2.05) is 0 Å². The molecule has 2 aromatic rings. The lowest BCUT2D eigenvalue weighted by atomic mass is 10.1. The molecule has 0 radical (unpaired) electrons. The lowest BCUT2D eigenvalue weighted by Crippen LogP contribution is -2.12. The predicted molar refractivity (Wildman–Crippen MR) is 85.3 cm³/mol. The van der Waals surface area contributed by atoms with Gasteiger partial charge in [0.1, 0.15) is 11.5 Å². The Bertz CT molecular complexity index is 711. The third-order valence-corrected chi connectivity index (χ3v) is 3.14. The van der Waals surface area contributed by atoms with Gasteiger partial charge in [-0.25, -0.2) is 4.79 Å². The van der Waals surface area contributed by atoms with Crippen LogP contribution in [0.4, 0.5) is 8.78 Å². The molecule has 0 amide bonds. The number of alkyl halides is 2. The molecule has 5 nitrogen and oxygen atoms in total. The zero-order chi connectivity index (χ0) is 18.2. The van der Waals surface area contributed by atoms with Crippen molar-refractivity contribution in [3.63, 3.8) is 0 Å². The van der Waals surface area contributed by atoms with Crippen LogP contribution >= 0.6 is 0 Å². The Morgan fingerprint density at radius 3 is 2.04 bits per heavy atom. The summed E-state index contributed by atoms with van der Waals surface area (Å²) in [6.07, 6.45) is 0. The van der Waals surface area contributed by atoms with Crippen molar-refractivity contribution in [1.82, 2.24) is 0 Å². The molecule has 0 aliphatic heterocycles. The standard InChI is InChI=1S/C18H16F2O5/c1-2-23-17(22)13-5-7-14(8-6-13)24-11-16(21)12-3-9-15(10-4-12)25-18(19)20/h3-10,18H,2,11H2,1H3. The van der Waals surface area contributed by atoms with Crippen LogP contribution < -0.4 is 9.47 Å². The number of ether oxygens (including phenoxy) is 3. The first-order chi connectivity index (χ1) is 12.0. The molecular formula is C18H16F2O5. The number of ketones is 1. The Kier molecular flexibility index (Phi) is 6.45. The molecule has 132 valence electrons. The highest BCUT2D eigenvalue weighted by Gasteiger charge is 2.10. The van der Waals surface area contributed by atoms with E-state index in [1.54, 1.807) is 19.1 Å². The highest BCUT2D eigenvalue weighted by Crippen LogP contribution is 2.17. The topological polar surface area (TPSA) is 61.8 Å². The second-order valence-electron chi connectivity index (χ2n) is 4.86. The third kappa shape index (κ3) is 5.56. The molecule has 0 aliphatic rings. The van der Waals surface area contributed by atoms with Gasteiger partial charge in [0.15, 0.2) is 12.4 Å².